The number of Topliss-reactive ketones (excluding diaryl/α,β-unsaturated/α-hetero) is 1. The average molecular weight is 400 g/mol. The Kier molecular flexibility index (Phi) is 7.70. The van der Waals surface area contributed by atoms with Crippen molar-refractivity contribution in [1.29, 1.82) is 0 Å². The summed E-state index contributed by atoms with van der Waals surface area (Å²) in [5, 5.41) is 11.1. The van der Waals surface area contributed by atoms with Gasteiger partial charge in [-0.3, -0.25) is 14.9 Å². The lowest BCUT2D eigenvalue weighted by atomic mass is 10.1. The standard InChI is InChI=1S/C21H24N2O6/c1-4-22(5-2)19-11-10-16(23(26)27)14-18(19)21(25)29-13-12-28-20-9-7-6-8-17(20)15(3)24/h6-11,14H,4-5,12-13H2,1-3H3. The van der Waals surface area contributed by atoms with E-state index >= 15 is 0 Å². The van der Waals surface area contributed by atoms with Crippen LogP contribution in [0.3, 0.4) is 0 Å². The van der Waals surface area contributed by atoms with E-state index in [-0.39, 0.29) is 30.2 Å². The lowest BCUT2D eigenvalue weighted by Gasteiger charge is -2.23. The van der Waals surface area contributed by atoms with Gasteiger partial charge in [-0.05, 0) is 39.0 Å². The number of hydrogen-bond donors (Lipinski definition) is 0. The number of non-ortho nitro benzene ring substituents is 1. The highest BCUT2D eigenvalue weighted by molar-refractivity contribution is 5.97. The Bertz CT molecular complexity index is 892. The Labute approximate surface area is 169 Å². The summed E-state index contributed by atoms with van der Waals surface area (Å²) in [5.74, 6) is -0.382. The van der Waals surface area contributed by atoms with Crippen molar-refractivity contribution in [2.45, 2.75) is 20.8 Å². The van der Waals surface area contributed by atoms with Gasteiger partial charge < -0.3 is 14.4 Å². The number of nitro benzene ring substituents is 1. The van der Waals surface area contributed by atoms with E-state index < -0.39 is 10.9 Å². The number of para-hydroxylation sites is 1. The third-order valence-corrected chi connectivity index (χ3v) is 4.36. The summed E-state index contributed by atoms with van der Waals surface area (Å²) < 4.78 is 10.8. The first-order valence-electron chi connectivity index (χ1n) is 9.32. The topological polar surface area (TPSA) is 99.0 Å². The monoisotopic (exact) mass is 400 g/mol. The van der Waals surface area contributed by atoms with Crippen LogP contribution in [0.25, 0.3) is 0 Å². The molecular formula is C21H24N2O6. The minimum Gasteiger partial charge on any atom is -0.489 e. The maximum atomic E-state index is 12.6. The van der Waals surface area contributed by atoms with E-state index in [1.807, 2.05) is 18.7 Å². The van der Waals surface area contributed by atoms with Crippen LogP contribution in [0.2, 0.25) is 0 Å². The number of rotatable bonds is 10. The molecule has 0 N–H and O–H groups in total. The zero-order valence-electron chi connectivity index (χ0n) is 16.7. The summed E-state index contributed by atoms with van der Waals surface area (Å²) in [7, 11) is 0. The van der Waals surface area contributed by atoms with E-state index in [9.17, 15) is 19.7 Å². The van der Waals surface area contributed by atoms with Gasteiger partial charge >= 0.3 is 5.97 Å². The largest absolute Gasteiger partial charge is 0.489 e. The first-order valence-corrected chi connectivity index (χ1v) is 9.32. The highest BCUT2D eigenvalue weighted by Gasteiger charge is 2.20. The Balaban J connectivity index is 2.09. The number of ketones is 1. The predicted molar refractivity (Wildman–Crippen MR) is 109 cm³/mol. The average Bonchev–Trinajstić information content (AvgIpc) is 2.72. The van der Waals surface area contributed by atoms with Crippen LogP contribution in [-0.2, 0) is 4.74 Å². The van der Waals surface area contributed by atoms with Gasteiger partial charge in [-0.1, -0.05) is 12.1 Å². The molecule has 0 aliphatic rings. The summed E-state index contributed by atoms with van der Waals surface area (Å²) in [4.78, 5) is 36.7. The summed E-state index contributed by atoms with van der Waals surface area (Å²) in [5.41, 5.74) is 0.973. The molecule has 8 nitrogen and oxygen atoms in total. The second-order valence-corrected chi connectivity index (χ2v) is 6.17. The molecule has 0 aromatic heterocycles. The molecule has 0 saturated carbocycles. The Morgan fingerprint density at radius 3 is 2.34 bits per heavy atom. The van der Waals surface area contributed by atoms with Gasteiger partial charge in [-0.2, -0.15) is 0 Å². The minimum absolute atomic E-state index is 0.0472. The third-order valence-electron chi connectivity index (χ3n) is 4.36. The lowest BCUT2D eigenvalue weighted by molar-refractivity contribution is -0.384. The first-order chi connectivity index (χ1) is 13.9. The van der Waals surface area contributed by atoms with Crippen molar-refractivity contribution >= 4 is 23.1 Å². The van der Waals surface area contributed by atoms with Crippen molar-refractivity contribution in [2.75, 3.05) is 31.2 Å². The van der Waals surface area contributed by atoms with Crippen LogP contribution in [-0.4, -0.2) is 43.0 Å². The maximum Gasteiger partial charge on any atom is 0.340 e. The zero-order chi connectivity index (χ0) is 21.4. The summed E-state index contributed by atoms with van der Waals surface area (Å²) in [6.45, 7) is 6.57. The lowest BCUT2D eigenvalue weighted by Crippen LogP contribution is -2.25. The molecule has 0 saturated heterocycles. The number of carbonyl (C=O) groups excluding carboxylic acids is 2. The molecule has 0 fully saturated rings. The van der Waals surface area contributed by atoms with E-state index in [0.717, 1.165) is 0 Å². The fourth-order valence-electron chi connectivity index (χ4n) is 2.89. The fraction of sp³-hybridized carbons (Fsp3) is 0.333. The van der Waals surface area contributed by atoms with Gasteiger partial charge in [0, 0.05) is 25.2 Å². The van der Waals surface area contributed by atoms with Gasteiger partial charge in [0.25, 0.3) is 5.69 Å². The van der Waals surface area contributed by atoms with Gasteiger partial charge in [0.05, 0.1) is 21.7 Å². The zero-order valence-corrected chi connectivity index (χ0v) is 16.7. The molecule has 0 heterocycles. The van der Waals surface area contributed by atoms with E-state index in [1.165, 1.54) is 19.1 Å². The van der Waals surface area contributed by atoms with Crippen molar-refractivity contribution in [2.24, 2.45) is 0 Å². The van der Waals surface area contributed by atoms with Crippen molar-refractivity contribution in [1.82, 2.24) is 0 Å². The van der Waals surface area contributed by atoms with E-state index in [2.05, 4.69) is 0 Å². The number of ether oxygens (including phenoxy) is 2. The SMILES string of the molecule is CCN(CC)c1ccc([N+](=O)[O-])cc1C(=O)OCCOc1ccccc1C(C)=O. The number of esters is 1. The third kappa shape index (κ3) is 5.54. The van der Waals surface area contributed by atoms with Gasteiger partial charge in [0.2, 0.25) is 0 Å². The van der Waals surface area contributed by atoms with Crippen molar-refractivity contribution in [3.8, 4) is 5.75 Å². The molecular weight excluding hydrogens is 376 g/mol. The highest BCUT2D eigenvalue weighted by Crippen LogP contribution is 2.26. The van der Waals surface area contributed by atoms with Gasteiger partial charge in [-0.25, -0.2) is 4.79 Å². The normalized spacial score (nSPS) is 10.3. The van der Waals surface area contributed by atoms with Crippen molar-refractivity contribution < 1.29 is 24.0 Å². The molecule has 29 heavy (non-hydrogen) atoms. The fourth-order valence-corrected chi connectivity index (χ4v) is 2.89. The Morgan fingerprint density at radius 2 is 1.72 bits per heavy atom. The predicted octanol–water partition coefficient (Wildman–Crippen LogP) is 3.88. The number of nitro groups is 1. The van der Waals surface area contributed by atoms with Crippen LogP contribution < -0.4 is 9.64 Å². The quantitative estimate of drug-likeness (QED) is 0.196. The van der Waals surface area contributed by atoms with Crippen molar-refractivity contribution in [3.63, 3.8) is 0 Å². The number of carbonyl (C=O) groups is 2. The van der Waals surface area contributed by atoms with Crippen LogP contribution >= 0.6 is 0 Å². The second kappa shape index (κ2) is 10.2. The molecule has 2 rings (SSSR count). The van der Waals surface area contributed by atoms with E-state index in [0.29, 0.717) is 30.1 Å². The smallest absolute Gasteiger partial charge is 0.340 e. The molecule has 0 atom stereocenters. The molecule has 8 heteroatoms. The Hall–Kier alpha value is -3.42. The molecule has 2 aromatic rings. The molecule has 0 unspecified atom stereocenters. The van der Waals surface area contributed by atoms with Gasteiger partial charge in [0.15, 0.2) is 5.78 Å². The van der Waals surface area contributed by atoms with Crippen LogP contribution in [0.15, 0.2) is 42.5 Å². The molecule has 0 radical (unpaired) electrons. The Morgan fingerprint density at radius 1 is 1.03 bits per heavy atom. The molecule has 0 spiro atoms. The minimum atomic E-state index is -0.668. The molecule has 0 bridgehead atoms. The molecule has 0 aliphatic heterocycles. The number of nitrogens with zero attached hydrogens (tertiary/aromatic N) is 2. The van der Waals surface area contributed by atoms with Crippen LogP contribution in [0.5, 0.6) is 5.75 Å². The molecule has 0 amide bonds. The summed E-state index contributed by atoms with van der Waals surface area (Å²) in [6, 6.07) is 10.9. The van der Waals surface area contributed by atoms with Crippen LogP contribution in [0.1, 0.15) is 41.5 Å². The van der Waals surface area contributed by atoms with E-state index in [1.54, 1.807) is 30.3 Å². The summed E-state index contributed by atoms with van der Waals surface area (Å²) in [6.07, 6.45) is 0. The molecule has 2 aromatic carbocycles. The molecule has 0 aliphatic carbocycles. The summed E-state index contributed by atoms with van der Waals surface area (Å²) >= 11 is 0. The number of hydrogen-bond acceptors (Lipinski definition) is 7. The molecule has 154 valence electrons. The van der Waals surface area contributed by atoms with Gasteiger partial charge in [0.1, 0.15) is 19.0 Å². The van der Waals surface area contributed by atoms with E-state index in [4.69, 9.17) is 9.47 Å². The van der Waals surface area contributed by atoms with Crippen molar-refractivity contribution in [3.05, 3.63) is 63.7 Å². The van der Waals surface area contributed by atoms with Crippen LogP contribution in [0, 0.1) is 10.1 Å². The maximum absolute atomic E-state index is 12.6. The number of benzene rings is 2. The second-order valence-electron chi connectivity index (χ2n) is 6.17. The van der Waals surface area contributed by atoms with Gasteiger partial charge in [-0.15, -0.1) is 0 Å². The number of anilines is 1. The first kappa shape index (κ1) is 21.9. The van der Waals surface area contributed by atoms with Crippen LogP contribution in [0.4, 0.5) is 11.4 Å². The highest BCUT2D eigenvalue weighted by atomic mass is 16.6.